The number of hydrogen-bond acceptors (Lipinski definition) is 5. The van der Waals surface area contributed by atoms with Crippen LogP contribution in [-0.4, -0.2) is 44.6 Å². The van der Waals surface area contributed by atoms with Crippen molar-refractivity contribution in [1.82, 2.24) is 19.7 Å². The molecule has 5 rings (SSSR count). The smallest absolute Gasteiger partial charge is 0.255 e. The lowest BCUT2D eigenvalue weighted by atomic mass is 10.1. The van der Waals surface area contributed by atoms with Crippen molar-refractivity contribution in [3.8, 4) is 11.3 Å². The SMILES string of the molecule is C=CC(=O)N1CCC(n2nc(-c3ccc(NC(=O)c4ccccc4)cc3)c3c(N)nccc32)C1. The summed E-state index contributed by atoms with van der Waals surface area (Å²) in [5.74, 6) is 0.155. The molecule has 1 fully saturated rings. The Morgan fingerprint density at radius 3 is 2.59 bits per heavy atom. The van der Waals surface area contributed by atoms with E-state index in [9.17, 15) is 9.59 Å². The number of aromatic nitrogens is 3. The fourth-order valence-electron chi connectivity index (χ4n) is 4.37. The molecular weight excluding hydrogens is 428 g/mol. The second-order valence-electron chi connectivity index (χ2n) is 8.21. The summed E-state index contributed by atoms with van der Waals surface area (Å²) in [6, 6.07) is 18.5. The summed E-state index contributed by atoms with van der Waals surface area (Å²) in [7, 11) is 0. The molecule has 3 N–H and O–H groups in total. The summed E-state index contributed by atoms with van der Waals surface area (Å²) in [5, 5.41) is 8.59. The Balaban J connectivity index is 1.45. The Morgan fingerprint density at radius 2 is 1.85 bits per heavy atom. The molecule has 1 unspecified atom stereocenters. The number of amides is 2. The van der Waals surface area contributed by atoms with E-state index >= 15 is 0 Å². The standard InChI is InChI=1S/C26H24N6O2/c1-2-22(33)31-15-13-20(16-31)32-21-12-14-28-25(27)23(21)24(30-32)17-8-10-19(11-9-17)29-26(34)18-6-4-3-5-7-18/h2-12,14,20H,1,13,15-16H2,(H2,27,28)(H,29,34). The van der Waals surface area contributed by atoms with Gasteiger partial charge < -0.3 is 16.0 Å². The lowest BCUT2D eigenvalue weighted by Gasteiger charge is -2.15. The molecule has 8 heteroatoms. The van der Waals surface area contributed by atoms with Crippen LogP contribution in [-0.2, 0) is 4.79 Å². The number of likely N-dealkylation sites (tertiary alicyclic amines) is 1. The lowest BCUT2D eigenvalue weighted by molar-refractivity contribution is -0.125. The van der Waals surface area contributed by atoms with Crippen LogP contribution in [0, 0.1) is 0 Å². The number of nitrogens with zero attached hydrogens (tertiary/aromatic N) is 4. The molecular formula is C26H24N6O2. The molecule has 0 bridgehead atoms. The third-order valence-corrected chi connectivity index (χ3v) is 6.10. The average molecular weight is 453 g/mol. The van der Waals surface area contributed by atoms with Gasteiger partial charge in [-0.2, -0.15) is 5.10 Å². The Hall–Kier alpha value is -4.46. The van der Waals surface area contributed by atoms with Gasteiger partial charge in [-0.05, 0) is 42.8 Å². The van der Waals surface area contributed by atoms with Crippen LogP contribution < -0.4 is 11.1 Å². The molecule has 0 saturated carbocycles. The van der Waals surface area contributed by atoms with Crippen molar-refractivity contribution in [3.05, 3.63) is 85.1 Å². The van der Waals surface area contributed by atoms with E-state index in [0.717, 1.165) is 28.6 Å². The van der Waals surface area contributed by atoms with Gasteiger partial charge in [0.15, 0.2) is 0 Å². The van der Waals surface area contributed by atoms with E-state index in [1.54, 1.807) is 23.2 Å². The first-order chi connectivity index (χ1) is 16.5. The molecule has 0 radical (unpaired) electrons. The van der Waals surface area contributed by atoms with Gasteiger partial charge in [0, 0.05) is 36.1 Å². The van der Waals surface area contributed by atoms with Crippen LogP contribution in [0.2, 0.25) is 0 Å². The third-order valence-electron chi connectivity index (χ3n) is 6.10. The fraction of sp³-hybridized carbons (Fsp3) is 0.154. The summed E-state index contributed by atoms with van der Waals surface area (Å²) in [4.78, 5) is 30.5. The Labute approximate surface area is 196 Å². The molecule has 1 aliphatic heterocycles. The van der Waals surface area contributed by atoms with Gasteiger partial charge in [-0.25, -0.2) is 4.98 Å². The highest BCUT2D eigenvalue weighted by Gasteiger charge is 2.29. The number of anilines is 2. The van der Waals surface area contributed by atoms with E-state index in [4.69, 9.17) is 10.8 Å². The lowest BCUT2D eigenvalue weighted by Crippen LogP contribution is -2.27. The molecule has 1 atom stereocenters. The summed E-state index contributed by atoms with van der Waals surface area (Å²) in [5.41, 5.74) is 9.99. The van der Waals surface area contributed by atoms with Gasteiger partial charge in [-0.3, -0.25) is 14.3 Å². The molecule has 2 aromatic heterocycles. The van der Waals surface area contributed by atoms with E-state index < -0.39 is 0 Å². The highest BCUT2D eigenvalue weighted by Crippen LogP contribution is 2.35. The van der Waals surface area contributed by atoms with Crippen LogP contribution in [0.1, 0.15) is 22.8 Å². The van der Waals surface area contributed by atoms with E-state index in [0.29, 0.717) is 30.2 Å². The van der Waals surface area contributed by atoms with Gasteiger partial charge in [0.25, 0.3) is 5.91 Å². The first-order valence-electron chi connectivity index (χ1n) is 11.1. The maximum atomic E-state index is 12.4. The first-order valence-corrected chi connectivity index (χ1v) is 11.1. The number of benzene rings is 2. The molecule has 8 nitrogen and oxygen atoms in total. The van der Waals surface area contributed by atoms with Crippen molar-refractivity contribution in [2.45, 2.75) is 12.5 Å². The van der Waals surface area contributed by atoms with E-state index in [-0.39, 0.29) is 17.9 Å². The van der Waals surface area contributed by atoms with Crippen LogP contribution in [0.15, 0.2) is 79.5 Å². The first kappa shape index (κ1) is 21.4. The van der Waals surface area contributed by atoms with E-state index in [1.165, 1.54) is 6.08 Å². The number of nitrogens with two attached hydrogens (primary N) is 1. The zero-order valence-electron chi connectivity index (χ0n) is 18.5. The molecule has 34 heavy (non-hydrogen) atoms. The second-order valence-corrected chi connectivity index (χ2v) is 8.21. The normalized spacial score (nSPS) is 15.4. The predicted molar refractivity (Wildman–Crippen MR) is 132 cm³/mol. The zero-order chi connectivity index (χ0) is 23.7. The number of carbonyl (C=O) groups is 2. The summed E-state index contributed by atoms with van der Waals surface area (Å²) in [6.07, 6.45) is 3.81. The average Bonchev–Trinajstić information content (AvgIpc) is 3.51. The van der Waals surface area contributed by atoms with Gasteiger partial charge >= 0.3 is 0 Å². The van der Waals surface area contributed by atoms with Gasteiger partial charge in [0.2, 0.25) is 5.91 Å². The largest absolute Gasteiger partial charge is 0.383 e. The number of carbonyl (C=O) groups excluding carboxylic acids is 2. The van der Waals surface area contributed by atoms with Crippen LogP contribution in [0.3, 0.4) is 0 Å². The van der Waals surface area contributed by atoms with Gasteiger partial charge in [-0.15, -0.1) is 0 Å². The number of nitrogens with one attached hydrogen (secondary N) is 1. The molecule has 2 aromatic carbocycles. The molecule has 1 aliphatic rings. The molecule has 2 amide bonds. The Morgan fingerprint density at radius 1 is 1.09 bits per heavy atom. The minimum Gasteiger partial charge on any atom is -0.383 e. The molecule has 4 aromatic rings. The fourth-order valence-corrected chi connectivity index (χ4v) is 4.37. The van der Waals surface area contributed by atoms with Crippen molar-refractivity contribution in [2.75, 3.05) is 24.1 Å². The minimum absolute atomic E-state index is 0.0337. The number of pyridine rings is 1. The third kappa shape index (κ3) is 3.90. The van der Waals surface area contributed by atoms with Crippen LogP contribution >= 0.6 is 0 Å². The number of hydrogen-bond donors (Lipinski definition) is 2. The number of nitrogen functional groups attached to an aromatic ring is 1. The zero-order valence-corrected chi connectivity index (χ0v) is 18.5. The van der Waals surface area contributed by atoms with Crippen molar-refractivity contribution in [3.63, 3.8) is 0 Å². The molecule has 0 spiro atoms. The van der Waals surface area contributed by atoms with Crippen molar-refractivity contribution < 1.29 is 9.59 Å². The van der Waals surface area contributed by atoms with Gasteiger partial charge in [0.1, 0.15) is 11.5 Å². The topological polar surface area (TPSA) is 106 Å². The van der Waals surface area contributed by atoms with Crippen LogP contribution in [0.4, 0.5) is 11.5 Å². The summed E-state index contributed by atoms with van der Waals surface area (Å²) in [6.45, 7) is 4.80. The molecule has 1 saturated heterocycles. The maximum absolute atomic E-state index is 12.4. The summed E-state index contributed by atoms with van der Waals surface area (Å²) < 4.78 is 1.95. The number of fused-ring (bicyclic) bond motifs is 1. The Kier molecular flexibility index (Phi) is 5.55. The van der Waals surface area contributed by atoms with Gasteiger partial charge in [0.05, 0.1) is 16.9 Å². The second kappa shape index (κ2) is 8.82. The predicted octanol–water partition coefficient (Wildman–Crippen LogP) is 3.89. The maximum Gasteiger partial charge on any atom is 0.255 e. The van der Waals surface area contributed by atoms with Crippen LogP contribution in [0.5, 0.6) is 0 Å². The number of rotatable bonds is 5. The Bertz CT molecular complexity index is 1380. The molecule has 0 aliphatic carbocycles. The van der Waals surface area contributed by atoms with Gasteiger partial charge in [-0.1, -0.05) is 36.9 Å². The van der Waals surface area contributed by atoms with Crippen molar-refractivity contribution >= 4 is 34.2 Å². The molecule has 3 heterocycles. The quantitative estimate of drug-likeness (QED) is 0.447. The minimum atomic E-state index is -0.170. The van der Waals surface area contributed by atoms with Crippen molar-refractivity contribution in [2.24, 2.45) is 0 Å². The highest BCUT2D eigenvalue weighted by molar-refractivity contribution is 6.04. The molecule has 170 valence electrons. The van der Waals surface area contributed by atoms with E-state index in [2.05, 4.69) is 16.9 Å². The summed E-state index contributed by atoms with van der Waals surface area (Å²) >= 11 is 0. The monoisotopic (exact) mass is 452 g/mol. The highest BCUT2D eigenvalue weighted by atomic mass is 16.2. The van der Waals surface area contributed by atoms with Crippen LogP contribution in [0.25, 0.3) is 22.2 Å². The van der Waals surface area contributed by atoms with E-state index in [1.807, 2.05) is 53.2 Å². The van der Waals surface area contributed by atoms with Crippen molar-refractivity contribution in [1.29, 1.82) is 0 Å².